The number of aromatic nitrogens is 3. The van der Waals surface area contributed by atoms with E-state index in [4.69, 9.17) is 4.52 Å². The van der Waals surface area contributed by atoms with Gasteiger partial charge in [0, 0.05) is 17.2 Å². The first kappa shape index (κ1) is 14.8. The topological polar surface area (TPSA) is 51.8 Å². The van der Waals surface area contributed by atoms with E-state index < -0.39 is 12.0 Å². The molecule has 0 spiro atoms. The number of para-hydroxylation sites is 1. The number of thioether (sulfide) groups is 1. The summed E-state index contributed by atoms with van der Waals surface area (Å²) in [5, 5.41) is 4.68. The third-order valence-electron chi connectivity index (χ3n) is 2.86. The summed E-state index contributed by atoms with van der Waals surface area (Å²) in [6, 6.07) is 8.36. The highest BCUT2D eigenvalue weighted by atomic mass is 32.2. The molecule has 0 aliphatic heterocycles. The maximum Gasteiger partial charge on any atom is 0.451 e. The minimum absolute atomic E-state index is 0.267. The van der Waals surface area contributed by atoms with E-state index in [-0.39, 0.29) is 10.5 Å². The van der Waals surface area contributed by atoms with Crippen LogP contribution in [-0.2, 0) is 11.9 Å². The fraction of sp³-hybridized carbons (Fsp3) is 0.214. The smallest absolute Gasteiger partial charge is 0.361 e. The number of nitrogens with zero attached hydrogens (tertiary/aromatic N) is 3. The molecule has 22 heavy (non-hydrogen) atoms. The SMILES string of the molecule is Cc1cc(CSc2nc(C(F)(F)F)nc3ccccc23)no1. The fourth-order valence-corrected chi connectivity index (χ4v) is 2.81. The molecule has 0 amide bonds. The summed E-state index contributed by atoms with van der Waals surface area (Å²) >= 11 is 1.17. The number of rotatable bonds is 3. The van der Waals surface area contributed by atoms with Gasteiger partial charge in [-0.3, -0.25) is 0 Å². The number of aryl methyl sites for hydroxylation is 1. The van der Waals surface area contributed by atoms with Crippen molar-refractivity contribution in [1.82, 2.24) is 15.1 Å². The summed E-state index contributed by atoms with van der Waals surface area (Å²) in [7, 11) is 0. The van der Waals surface area contributed by atoms with Crippen LogP contribution in [0.4, 0.5) is 13.2 Å². The second kappa shape index (κ2) is 5.60. The van der Waals surface area contributed by atoms with Crippen LogP contribution >= 0.6 is 11.8 Å². The van der Waals surface area contributed by atoms with Gasteiger partial charge in [0.15, 0.2) is 0 Å². The van der Waals surface area contributed by atoms with Gasteiger partial charge in [-0.25, -0.2) is 9.97 Å². The minimum Gasteiger partial charge on any atom is -0.361 e. The van der Waals surface area contributed by atoms with Gasteiger partial charge in [-0.2, -0.15) is 13.2 Å². The first-order chi connectivity index (χ1) is 10.4. The third kappa shape index (κ3) is 3.06. The van der Waals surface area contributed by atoms with Crippen LogP contribution in [0.1, 0.15) is 17.3 Å². The number of fused-ring (bicyclic) bond motifs is 1. The lowest BCUT2D eigenvalue weighted by Crippen LogP contribution is -2.11. The predicted molar refractivity (Wildman–Crippen MR) is 75.3 cm³/mol. The molecule has 1 aromatic carbocycles. The van der Waals surface area contributed by atoms with E-state index in [9.17, 15) is 13.2 Å². The monoisotopic (exact) mass is 325 g/mol. The van der Waals surface area contributed by atoms with E-state index in [0.29, 0.717) is 22.6 Å². The zero-order chi connectivity index (χ0) is 15.7. The third-order valence-corrected chi connectivity index (χ3v) is 3.88. The summed E-state index contributed by atoms with van der Waals surface area (Å²) in [6.45, 7) is 1.75. The standard InChI is InChI=1S/C14H10F3N3OS/c1-8-6-9(20-21-8)7-22-12-10-4-2-3-5-11(10)18-13(19-12)14(15,16)17/h2-6H,7H2,1H3. The Labute approximate surface area is 127 Å². The highest BCUT2D eigenvalue weighted by Gasteiger charge is 2.35. The molecule has 2 aromatic heterocycles. The van der Waals surface area contributed by atoms with Crippen molar-refractivity contribution in [3.63, 3.8) is 0 Å². The molecule has 3 aromatic rings. The zero-order valence-corrected chi connectivity index (χ0v) is 12.2. The molecule has 0 aliphatic rings. The van der Waals surface area contributed by atoms with Gasteiger partial charge in [0.25, 0.3) is 0 Å². The van der Waals surface area contributed by atoms with E-state index >= 15 is 0 Å². The zero-order valence-electron chi connectivity index (χ0n) is 11.4. The summed E-state index contributed by atoms with van der Waals surface area (Å²) in [4.78, 5) is 7.25. The average Bonchev–Trinajstić information content (AvgIpc) is 2.89. The molecule has 0 N–H and O–H groups in total. The first-order valence-corrected chi connectivity index (χ1v) is 7.31. The van der Waals surface area contributed by atoms with Gasteiger partial charge in [0.2, 0.25) is 5.82 Å². The van der Waals surface area contributed by atoms with Crippen LogP contribution in [0.15, 0.2) is 39.9 Å². The van der Waals surface area contributed by atoms with Gasteiger partial charge < -0.3 is 4.52 Å². The van der Waals surface area contributed by atoms with E-state index in [1.807, 2.05) is 0 Å². The highest BCUT2D eigenvalue weighted by Crippen LogP contribution is 2.33. The van der Waals surface area contributed by atoms with Crippen molar-refractivity contribution in [2.75, 3.05) is 0 Å². The van der Waals surface area contributed by atoms with Crippen LogP contribution in [0.3, 0.4) is 0 Å². The normalized spacial score (nSPS) is 12.0. The molecule has 0 saturated heterocycles. The van der Waals surface area contributed by atoms with Crippen LogP contribution in [0.5, 0.6) is 0 Å². The summed E-state index contributed by atoms with van der Waals surface area (Å²) in [5.74, 6) is -0.112. The molecule has 0 aliphatic carbocycles. The number of alkyl halides is 3. The molecule has 0 atom stereocenters. The van der Waals surface area contributed by atoms with Crippen molar-refractivity contribution >= 4 is 22.7 Å². The lowest BCUT2D eigenvalue weighted by Gasteiger charge is -2.09. The number of halogens is 3. The van der Waals surface area contributed by atoms with Crippen molar-refractivity contribution in [3.05, 3.63) is 47.6 Å². The van der Waals surface area contributed by atoms with Crippen LogP contribution in [0.25, 0.3) is 10.9 Å². The van der Waals surface area contributed by atoms with Crippen molar-refractivity contribution < 1.29 is 17.7 Å². The van der Waals surface area contributed by atoms with Gasteiger partial charge in [-0.05, 0) is 13.0 Å². The largest absolute Gasteiger partial charge is 0.451 e. The maximum absolute atomic E-state index is 12.9. The van der Waals surface area contributed by atoms with E-state index in [1.165, 1.54) is 17.8 Å². The Bertz CT molecular complexity index is 816. The Morgan fingerprint density at radius 1 is 1.18 bits per heavy atom. The first-order valence-electron chi connectivity index (χ1n) is 6.32. The molecule has 8 heteroatoms. The van der Waals surface area contributed by atoms with E-state index in [2.05, 4.69) is 15.1 Å². The maximum atomic E-state index is 12.9. The molecule has 0 bridgehead atoms. The Morgan fingerprint density at radius 3 is 2.64 bits per heavy atom. The Balaban J connectivity index is 1.99. The van der Waals surface area contributed by atoms with Gasteiger partial charge in [-0.1, -0.05) is 35.1 Å². The van der Waals surface area contributed by atoms with Crippen molar-refractivity contribution in [3.8, 4) is 0 Å². The van der Waals surface area contributed by atoms with Crippen molar-refractivity contribution in [1.29, 1.82) is 0 Å². The molecule has 3 rings (SSSR count). The van der Waals surface area contributed by atoms with Gasteiger partial charge in [0.1, 0.15) is 10.8 Å². The molecular formula is C14H10F3N3OS. The van der Waals surface area contributed by atoms with E-state index in [1.54, 1.807) is 31.2 Å². The van der Waals surface area contributed by atoms with Crippen LogP contribution in [0.2, 0.25) is 0 Å². The molecule has 114 valence electrons. The second-order valence-electron chi connectivity index (χ2n) is 4.58. The van der Waals surface area contributed by atoms with Crippen molar-refractivity contribution in [2.45, 2.75) is 23.9 Å². The van der Waals surface area contributed by atoms with Crippen LogP contribution in [-0.4, -0.2) is 15.1 Å². The quantitative estimate of drug-likeness (QED) is 0.532. The minimum atomic E-state index is -4.58. The number of benzene rings is 1. The lowest BCUT2D eigenvalue weighted by molar-refractivity contribution is -0.145. The van der Waals surface area contributed by atoms with Gasteiger partial charge >= 0.3 is 6.18 Å². The van der Waals surface area contributed by atoms with Gasteiger partial charge in [0.05, 0.1) is 11.2 Å². The summed E-state index contributed by atoms with van der Waals surface area (Å²) < 4.78 is 43.6. The van der Waals surface area contributed by atoms with Crippen LogP contribution in [0, 0.1) is 6.92 Å². The molecule has 0 unspecified atom stereocenters. The molecule has 4 nitrogen and oxygen atoms in total. The van der Waals surface area contributed by atoms with Crippen LogP contribution < -0.4 is 0 Å². The molecular weight excluding hydrogens is 315 g/mol. The second-order valence-corrected chi connectivity index (χ2v) is 5.55. The summed E-state index contributed by atoms with van der Waals surface area (Å²) in [5.41, 5.74) is 0.919. The Morgan fingerprint density at radius 2 is 1.95 bits per heavy atom. The van der Waals surface area contributed by atoms with E-state index in [0.717, 1.165) is 0 Å². The number of hydrogen-bond acceptors (Lipinski definition) is 5. The van der Waals surface area contributed by atoms with Crippen molar-refractivity contribution in [2.24, 2.45) is 0 Å². The molecule has 2 heterocycles. The molecule has 0 radical (unpaired) electrons. The van der Waals surface area contributed by atoms with Gasteiger partial charge in [-0.15, -0.1) is 0 Å². The average molecular weight is 325 g/mol. The summed E-state index contributed by atoms with van der Waals surface area (Å²) in [6.07, 6.45) is -4.58. The Kier molecular flexibility index (Phi) is 3.78. The molecule has 0 saturated carbocycles. The Hall–Kier alpha value is -2.09. The number of hydrogen-bond donors (Lipinski definition) is 0. The predicted octanol–water partition coefficient (Wildman–Crippen LogP) is 4.24. The lowest BCUT2D eigenvalue weighted by atomic mass is 10.2. The highest BCUT2D eigenvalue weighted by molar-refractivity contribution is 7.98. The molecule has 0 fully saturated rings. The fourth-order valence-electron chi connectivity index (χ4n) is 1.91.